The fourth-order valence-electron chi connectivity index (χ4n) is 2.76. The molecule has 30 heavy (non-hydrogen) atoms. The molecular weight excluding hydrogens is 448 g/mol. The maximum absolute atomic E-state index is 12.5. The molecule has 2 N–H and O–H groups in total. The Bertz CT molecular complexity index is 1100. The van der Waals surface area contributed by atoms with Gasteiger partial charge in [0, 0.05) is 28.3 Å². The largest absolute Gasteiger partial charge is 0.427 e. The van der Waals surface area contributed by atoms with Crippen molar-refractivity contribution in [3.8, 4) is 5.75 Å². The van der Waals surface area contributed by atoms with Crippen LogP contribution in [0.4, 0.5) is 11.4 Å². The van der Waals surface area contributed by atoms with Crippen LogP contribution in [0.3, 0.4) is 0 Å². The molecule has 3 aromatic carbocycles. The van der Waals surface area contributed by atoms with Gasteiger partial charge in [-0.1, -0.05) is 46.3 Å². The number of halogens is 1. The zero-order valence-corrected chi connectivity index (χ0v) is 17.7. The summed E-state index contributed by atoms with van der Waals surface area (Å²) in [5.41, 5.74) is 2.32. The zero-order valence-electron chi connectivity index (χ0n) is 16.1. The third kappa shape index (κ3) is 6.02. The molecule has 0 radical (unpaired) electrons. The van der Waals surface area contributed by atoms with Gasteiger partial charge in [0.15, 0.2) is 0 Å². The predicted octanol–water partition coefficient (Wildman–Crippen LogP) is 4.81. The lowest BCUT2D eigenvalue weighted by atomic mass is 10.1. The topological polar surface area (TPSA) is 84.5 Å². The fourth-order valence-corrected chi connectivity index (χ4v) is 3.19. The first-order chi connectivity index (χ1) is 14.4. The molecule has 0 atom stereocenters. The smallest absolute Gasteiger partial charge is 0.308 e. The van der Waals surface area contributed by atoms with Crippen LogP contribution in [0.5, 0.6) is 5.75 Å². The second-order valence-corrected chi connectivity index (χ2v) is 7.33. The van der Waals surface area contributed by atoms with Crippen molar-refractivity contribution in [2.45, 2.75) is 13.3 Å². The average Bonchev–Trinajstić information content (AvgIpc) is 2.69. The minimum absolute atomic E-state index is 0.167. The lowest BCUT2D eigenvalue weighted by molar-refractivity contribution is -0.131. The summed E-state index contributed by atoms with van der Waals surface area (Å²) in [5.74, 6) is -0.693. The Balaban J connectivity index is 1.65. The lowest BCUT2D eigenvalue weighted by Crippen LogP contribution is -2.15. The summed E-state index contributed by atoms with van der Waals surface area (Å²) < 4.78 is 5.88. The number of hydrogen-bond acceptors (Lipinski definition) is 4. The van der Waals surface area contributed by atoms with Gasteiger partial charge in [-0.15, -0.1) is 0 Å². The SMILES string of the molecule is CC(=O)Oc1cccc(C(=O)Nc2cccc(NC(=O)Cc3ccccc3Br)c2)c1. The molecule has 0 aliphatic carbocycles. The van der Waals surface area contributed by atoms with Gasteiger partial charge in [0.1, 0.15) is 5.75 Å². The number of carbonyl (C=O) groups is 3. The molecule has 3 aromatic rings. The van der Waals surface area contributed by atoms with Crippen LogP contribution in [0, 0.1) is 0 Å². The van der Waals surface area contributed by atoms with Crippen molar-refractivity contribution >= 4 is 45.1 Å². The fraction of sp³-hybridized carbons (Fsp3) is 0.0870. The van der Waals surface area contributed by atoms with Crippen molar-refractivity contribution in [2.24, 2.45) is 0 Å². The highest BCUT2D eigenvalue weighted by Crippen LogP contribution is 2.20. The summed E-state index contributed by atoms with van der Waals surface area (Å²) in [6.45, 7) is 1.29. The Hall–Kier alpha value is -3.45. The molecule has 0 saturated carbocycles. The molecule has 3 rings (SSSR count). The van der Waals surface area contributed by atoms with Gasteiger partial charge in [0.05, 0.1) is 6.42 Å². The molecule has 0 heterocycles. The van der Waals surface area contributed by atoms with E-state index in [0.717, 1.165) is 10.0 Å². The van der Waals surface area contributed by atoms with Gasteiger partial charge >= 0.3 is 5.97 Å². The number of amides is 2. The number of anilines is 2. The van der Waals surface area contributed by atoms with Gasteiger partial charge in [-0.3, -0.25) is 14.4 Å². The van der Waals surface area contributed by atoms with Gasteiger partial charge in [-0.2, -0.15) is 0 Å². The Morgan fingerprint density at radius 3 is 2.30 bits per heavy atom. The van der Waals surface area contributed by atoms with E-state index in [-0.39, 0.29) is 18.2 Å². The highest BCUT2D eigenvalue weighted by atomic mass is 79.9. The van der Waals surface area contributed by atoms with Crippen LogP contribution in [0.25, 0.3) is 0 Å². The summed E-state index contributed by atoms with van der Waals surface area (Å²) in [6, 6.07) is 20.7. The maximum atomic E-state index is 12.5. The van der Waals surface area contributed by atoms with Crippen molar-refractivity contribution in [1.82, 2.24) is 0 Å². The van der Waals surface area contributed by atoms with Crippen LogP contribution in [0.2, 0.25) is 0 Å². The van der Waals surface area contributed by atoms with Gasteiger partial charge in [-0.05, 0) is 48.0 Å². The molecule has 0 unspecified atom stereocenters. The van der Waals surface area contributed by atoms with Crippen molar-refractivity contribution in [2.75, 3.05) is 10.6 Å². The van der Waals surface area contributed by atoms with Crippen LogP contribution in [-0.2, 0) is 16.0 Å². The molecule has 0 bridgehead atoms. The van der Waals surface area contributed by atoms with Crippen molar-refractivity contribution in [3.05, 3.63) is 88.4 Å². The van der Waals surface area contributed by atoms with E-state index in [2.05, 4.69) is 26.6 Å². The first kappa shape index (κ1) is 21.3. The van der Waals surface area contributed by atoms with E-state index >= 15 is 0 Å². The number of hydrogen-bond donors (Lipinski definition) is 2. The van der Waals surface area contributed by atoms with Gasteiger partial charge in [0.25, 0.3) is 5.91 Å². The molecule has 0 aliphatic heterocycles. The van der Waals surface area contributed by atoms with Crippen LogP contribution in [0.1, 0.15) is 22.8 Å². The second kappa shape index (κ2) is 9.84. The van der Waals surface area contributed by atoms with Crippen molar-refractivity contribution in [1.29, 1.82) is 0 Å². The molecule has 6 nitrogen and oxygen atoms in total. The Kier molecular flexibility index (Phi) is 6.98. The van der Waals surface area contributed by atoms with E-state index in [1.807, 2.05) is 24.3 Å². The van der Waals surface area contributed by atoms with Gasteiger partial charge in [-0.25, -0.2) is 0 Å². The van der Waals surface area contributed by atoms with Crippen LogP contribution in [0.15, 0.2) is 77.3 Å². The highest BCUT2D eigenvalue weighted by molar-refractivity contribution is 9.10. The van der Waals surface area contributed by atoms with E-state index in [1.54, 1.807) is 42.5 Å². The van der Waals surface area contributed by atoms with Crippen LogP contribution in [-0.4, -0.2) is 17.8 Å². The summed E-state index contributed by atoms with van der Waals surface area (Å²) >= 11 is 3.43. The first-order valence-electron chi connectivity index (χ1n) is 9.14. The molecule has 0 aliphatic rings. The van der Waals surface area contributed by atoms with E-state index in [9.17, 15) is 14.4 Å². The predicted molar refractivity (Wildman–Crippen MR) is 119 cm³/mol. The molecule has 0 saturated heterocycles. The molecule has 2 amide bonds. The number of esters is 1. The molecule has 0 spiro atoms. The summed E-state index contributed by atoms with van der Waals surface area (Å²) in [5, 5.41) is 5.61. The minimum Gasteiger partial charge on any atom is -0.427 e. The Labute approximate surface area is 182 Å². The Morgan fingerprint density at radius 1 is 0.867 bits per heavy atom. The minimum atomic E-state index is -0.460. The highest BCUT2D eigenvalue weighted by Gasteiger charge is 2.10. The monoisotopic (exact) mass is 466 g/mol. The molecule has 7 heteroatoms. The van der Waals surface area contributed by atoms with E-state index in [0.29, 0.717) is 22.7 Å². The summed E-state index contributed by atoms with van der Waals surface area (Å²) in [7, 11) is 0. The number of carbonyl (C=O) groups excluding carboxylic acids is 3. The lowest BCUT2D eigenvalue weighted by Gasteiger charge is -2.10. The third-order valence-corrected chi connectivity index (χ3v) is 4.84. The van der Waals surface area contributed by atoms with E-state index in [1.165, 1.54) is 13.0 Å². The quantitative estimate of drug-likeness (QED) is 0.403. The van der Waals surface area contributed by atoms with Crippen LogP contribution >= 0.6 is 15.9 Å². The van der Waals surface area contributed by atoms with Crippen LogP contribution < -0.4 is 15.4 Å². The number of rotatable bonds is 6. The second-order valence-electron chi connectivity index (χ2n) is 6.47. The van der Waals surface area contributed by atoms with Crippen molar-refractivity contribution in [3.63, 3.8) is 0 Å². The molecule has 0 fully saturated rings. The first-order valence-corrected chi connectivity index (χ1v) is 9.93. The number of nitrogens with one attached hydrogen (secondary N) is 2. The number of ether oxygens (including phenoxy) is 1. The van der Waals surface area contributed by atoms with E-state index < -0.39 is 5.97 Å². The Morgan fingerprint density at radius 2 is 1.57 bits per heavy atom. The average molecular weight is 467 g/mol. The standard InChI is InChI=1S/C23H19BrN2O4/c1-15(27)30-20-10-4-7-17(12-20)23(29)26-19-9-5-8-18(14-19)25-22(28)13-16-6-2-3-11-21(16)24/h2-12,14H,13H2,1H3,(H,25,28)(H,26,29). The normalized spacial score (nSPS) is 10.2. The van der Waals surface area contributed by atoms with Gasteiger partial charge < -0.3 is 15.4 Å². The molecular formula is C23H19BrN2O4. The van der Waals surface area contributed by atoms with E-state index in [4.69, 9.17) is 4.74 Å². The summed E-state index contributed by atoms with van der Waals surface area (Å²) in [6.07, 6.45) is 0.223. The summed E-state index contributed by atoms with van der Waals surface area (Å²) in [4.78, 5) is 36.0. The van der Waals surface area contributed by atoms with Gasteiger partial charge in [0.2, 0.25) is 5.91 Å². The number of benzene rings is 3. The third-order valence-electron chi connectivity index (χ3n) is 4.07. The molecule has 152 valence electrons. The molecule has 0 aromatic heterocycles. The maximum Gasteiger partial charge on any atom is 0.308 e. The zero-order chi connectivity index (χ0) is 21.5. The van der Waals surface area contributed by atoms with Crippen molar-refractivity contribution < 1.29 is 19.1 Å².